The van der Waals surface area contributed by atoms with E-state index in [1.807, 2.05) is 132 Å². The summed E-state index contributed by atoms with van der Waals surface area (Å²) < 4.78 is 14.8. The fourth-order valence-corrected chi connectivity index (χ4v) is 14.0. The molecule has 3 N–H and O–H groups in total. The number of para-hydroxylation sites is 2. The van der Waals surface area contributed by atoms with Gasteiger partial charge in [-0.25, -0.2) is 0 Å². The fraction of sp³-hybridized carbons (Fsp3) is 0.265. The molecule has 0 saturated carbocycles. The van der Waals surface area contributed by atoms with Crippen LogP contribution in [0.1, 0.15) is 41.6 Å². The maximum absolute atomic E-state index is 15.5. The number of hydrogen-bond acceptors (Lipinski definition) is 7. The Morgan fingerprint density at radius 2 is 1.69 bits per heavy atom. The molecule has 0 radical (unpaired) electrons. The maximum Gasteiger partial charge on any atom is 0.268 e. The number of benzene rings is 5. The fourth-order valence-electron chi connectivity index (χ4n) is 9.97. The van der Waals surface area contributed by atoms with Crippen LogP contribution in [0.15, 0.2) is 140 Å². The third-order valence-electron chi connectivity index (χ3n) is 13.0. The molecule has 11 nitrogen and oxygen atoms in total. The van der Waals surface area contributed by atoms with Gasteiger partial charge in [-0.2, -0.15) is 0 Å². The molecule has 7 aromatic rings. The maximum atomic E-state index is 15.5. The van der Waals surface area contributed by atoms with Gasteiger partial charge in [-0.05, 0) is 71.6 Å². The molecule has 1 unspecified atom stereocenters. The molecule has 5 aromatic carbocycles. The Kier molecular flexibility index (Phi) is 10.7. The summed E-state index contributed by atoms with van der Waals surface area (Å²) in [5.74, 6) is -0.0822. The first kappa shape index (κ1) is 40.1. The number of ether oxygens (including phenoxy) is 2. The van der Waals surface area contributed by atoms with E-state index in [1.165, 1.54) is 5.19 Å². The molecular formula is C49H50N6O5Si. The third-order valence-corrected chi connectivity index (χ3v) is 17.4. The number of aryl methyl sites for hydroxylation is 1. The van der Waals surface area contributed by atoms with E-state index in [0.717, 1.165) is 44.7 Å². The quantitative estimate of drug-likeness (QED) is 0.100. The molecule has 310 valence electrons. The summed E-state index contributed by atoms with van der Waals surface area (Å²) in [6.45, 7) is 7.29. The van der Waals surface area contributed by atoms with Crippen LogP contribution < -0.4 is 20.1 Å². The van der Waals surface area contributed by atoms with Gasteiger partial charge >= 0.3 is 0 Å². The van der Waals surface area contributed by atoms with Crippen LogP contribution >= 0.6 is 0 Å². The standard InChI is InChI=1S/C49H50N6O5Si/c1-32-47(61(3,4)38-22-20-37(59-2)21-23-38)45(25-26-54-30-43(52-53-54)40(31-56)33-13-7-5-8-14-33)60-49(32)41-28-35(19-24-44(41)55(48(49)58)36-15-9-6-10-16-36)51-46(57)27-34-29-50-42-18-12-11-17-39(34)42/h5-24,28-30,32,40,45,47,50,56H,25-27,31H2,1-4H3,(H,51,57)/t32-,40?,45+,47-,49+/m1/s1. The van der Waals surface area contributed by atoms with Crippen molar-refractivity contribution in [2.45, 2.75) is 62.6 Å². The number of carbonyl (C=O) groups is 2. The van der Waals surface area contributed by atoms with Crippen LogP contribution in [-0.2, 0) is 32.9 Å². The smallest absolute Gasteiger partial charge is 0.268 e. The number of rotatable bonds is 13. The van der Waals surface area contributed by atoms with Crippen LogP contribution in [0, 0.1) is 5.92 Å². The van der Waals surface area contributed by atoms with E-state index in [1.54, 1.807) is 12.0 Å². The van der Waals surface area contributed by atoms with Gasteiger partial charge in [0.2, 0.25) is 5.91 Å². The Morgan fingerprint density at radius 1 is 0.967 bits per heavy atom. The molecule has 12 heteroatoms. The van der Waals surface area contributed by atoms with Crippen LogP contribution in [0.2, 0.25) is 18.6 Å². The number of aliphatic hydroxyl groups is 1. The number of aliphatic hydroxyl groups excluding tert-OH is 1. The van der Waals surface area contributed by atoms with E-state index >= 15 is 4.79 Å². The second kappa shape index (κ2) is 16.3. The van der Waals surface area contributed by atoms with Crippen LogP contribution in [0.4, 0.5) is 17.1 Å². The van der Waals surface area contributed by atoms with Gasteiger partial charge in [0.05, 0.1) is 51.6 Å². The second-order valence-corrected chi connectivity index (χ2v) is 21.5. The second-order valence-electron chi connectivity index (χ2n) is 16.8. The van der Waals surface area contributed by atoms with Crippen LogP contribution in [0.5, 0.6) is 5.75 Å². The molecule has 0 aliphatic carbocycles. The molecule has 2 aliphatic heterocycles. The Balaban J connectivity index is 1.09. The summed E-state index contributed by atoms with van der Waals surface area (Å²) >= 11 is 0. The number of nitrogens with one attached hydrogen (secondary N) is 2. The average molecular weight is 831 g/mol. The summed E-state index contributed by atoms with van der Waals surface area (Å²) in [6.07, 6.45) is 4.20. The summed E-state index contributed by atoms with van der Waals surface area (Å²) in [6, 6.07) is 41.6. The summed E-state index contributed by atoms with van der Waals surface area (Å²) in [7, 11) is -0.786. The van der Waals surface area contributed by atoms with Crippen molar-refractivity contribution in [1.29, 1.82) is 0 Å². The van der Waals surface area contributed by atoms with Crippen molar-refractivity contribution >= 4 is 53.0 Å². The van der Waals surface area contributed by atoms with Gasteiger partial charge in [0, 0.05) is 52.7 Å². The van der Waals surface area contributed by atoms with E-state index in [9.17, 15) is 9.90 Å². The van der Waals surface area contributed by atoms with Crippen molar-refractivity contribution in [3.8, 4) is 5.75 Å². The molecule has 4 heterocycles. The molecule has 2 aliphatic rings. The number of aromatic nitrogens is 4. The first-order valence-corrected chi connectivity index (χ1v) is 24.0. The lowest BCUT2D eigenvalue weighted by molar-refractivity contribution is -0.145. The monoisotopic (exact) mass is 830 g/mol. The number of carbonyl (C=O) groups excluding carboxylic acids is 2. The predicted molar refractivity (Wildman–Crippen MR) is 240 cm³/mol. The number of amides is 2. The van der Waals surface area contributed by atoms with Crippen molar-refractivity contribution in [2.75, 3.05) is 23.9 Å². The van der Waals surface area contributed by atoms with E-state index in [4.69, 9.17) is 9.47 Å². The Bertz CT molecular complexity index is 2680. The van der Waals surface area contributed by atoms with Gasteiger partial charge in [-0.3, -0.25) is 19.2 Å². The highest BCUT2D eigenvalue weighted by Gasteiger charge is 2.66. The van der Waals surface area contributed by atoms with Gasteiger partial charge in [-0.1, -0.05) is 109 Å². The first-order chi connectivity index (χ1) is 29.6. The van der Waals surface area contributed by atoms with Gasteiger partial charge in [0.1, 0.15) is 5.75 Å². The molecule has 2 aromatic heterocycles. The Hall–Kier alpha value is -6.34. The van der Waals surface area contributed by atoms with Crippen molar-refractivity contribution in [3.63, 3.8) is 0 Å². The molecular weight excluding hydrogens is 781 g/mol. The molecule has 9 rings (SSSR count). The minimum absolute atomic E-state index is 0.0222. The van der Waals surface area contributed by atoms with E-state index in [2.05, 4.69) is 52.8 Å². The van der Waals surface area contributed by atoms with Crippen LogP contribution in [0.3, 0.4) is 0 Å². The Labute approximate surface area is 356 Å². The summed E-state index contributed by atoms with van der Waals surface area (Å²) in [5.41, 5.74) is 4.99. The zero-order valence-corrected chi connectivity index (χ0v) is 35.8. The zero-order chi connectivity index (χ0) is 42.3. The molecule has 0 bridgehead atoms. The summed E-state index contributed by atoms with van der Waals surface area (Å²) in [5, 5.41) is 24.8. The van der Waals surface area contributed by atoms with Crippen LogP contribution in [-0.4, -0.2) is 64.8 Å². The topological polar surface area (TPSA) is 135 Å². The highest BCUT2D eigenvalue weighted by atomic mass is 28.3. The van der Waals surface area contributed by atoms with Gasteiger partial charge in [0.25, 0.3) is 5.91 Å². The van der Waals surface area contributed by atoms with Crippen molar-refractivity contribution in [2.24, 2.45) is 5.92 Å². The molecule has 2 amide bonds. The summed E-state index contributed by atoms with van der Waals surface area (Å²) in [4.78, 5) is 34.2. The van der Waals surface area contributed by atoms with Crippen molar-refractivity contribution < 1.29 is 24.2 Å². The van der Waals surface area contributed by atoms with E-state index in [-0.39, 0.29) is 48.3 Å². The number of aromatic amines is 1. The molecule has 61 heavy (non-hydrogen) atoms. The predicted octanol–water partition coefficient (Wildman–Crippen LogP) is 8.06. The number of hydrogen-bond donors (Lipinski definition) is 3. The minimum atomic E-state index is -2.46. The van der Waals surface area contributed by atoms with Crippen molar-refractivity contribution in [3.05, 3.63) is 162 Å². The highest BCUT2D eigenvalue weighted by molar-refractivity contribution is 6.91. The number of fused-ring (bicyclic) bond motifs is 3. The SMILES string of the molecule is COc1ccc([Si](C)(C)[C@H]2[C@H](CCn3cc(C(CO)c4ccccc4)nn3)O[C@@]3(C(=O)N(c4ccccc4)c4ccc(NC(=O)Cc5c[nH]c6ccccc56)cc43)[C@@H]2C)cc1. The first-order valence-electron chi connectivity index (χ1n) is 20.9. The zero-order valence-electron chi connectivity index (χ0n) is 34.8. The number of anilines is 3. The molecule has 1 spiro atoms. The average Bonchev–Trinajstić information content (AvgIpc) is 4.05. The van der Waals surface area contributed by atoms with Gasteiger partial charge < -0.3 is 24.9 Å². The van der Waals surface area contributed by atoms with E-state index in [0.29, 0.717) is 24.3 Å². The number of H-pyrrole nitrogens is 1. The lowest BCUT2D eigenvalue weighted by atomic mass is 9.82. The van der Waals surface area contributed by atoms with Gasteiger partial charge in [0.15, 0.2) is 5.60 Å². The van der Waals surface area contributed by atoms with Crippen molar-refractivity contribution in [1.82, 2.24) is 20.0 Å². The lowest BCUT2D eigenvalue weighted by Crippen LogP contribution is -2.51. The molecule has 1 fully saturated rings. The number of nitrogens with zero attached hydrogens (tertiary/aromatic N) is 4. The molecule has 5 atom stereocenters. The van der Waals surface area contributed by atoms with Crippen LogP contribution in [0.25, 0.3) is 10.9 Å². The Morgan fingerprint density at radius 3 is 2.43 bits per heavy atom. The molecule has 1 saturated heterocycles. The highest BCUT2D eigenvalue weighted by Crippen LogP contribution is 2.61. The van der Waals surface area contributed by atoms with Gasteiger partial charge in [-0.15, -0.1) is 5.10 Å². The lowest BCUT2D eigenvalue weighted by Gasteiger charge is -2.37. The van der Waals surface area contributed by atoms with E-state index < -0.39 is 13.7 Å². The largest absolute Gasteiger partial charge is 0.497 e. The third kappa shape index (κ3) is 7.14. The minimum Gasteiger partial charge on any atom is -0.497 e. The number of methoxy groups -OCH3 is 1. The normalized spacial score (nSPS) is 20.3.